The molecule has 0 saturated carbocycles. The van der Waals surface area contributed by atoms with Crippen LogP contribution < -0.4 is 15.1 Å². The third-order valence-corrected chi connectivity index (χ3v) is 6.94. The molecule has 1 saturated heterocycles. The lowest BCUT2D eigenvalue weighted by molar-refractivity contribution is -0.118. The second kappa shape index (κ2) is 12.1. The normalized spacial score (nSPS) is 12.9. The molecule has 1 aliphatic rings. The van der Waals surface area contributed by atoms with Gasteiger partial charge in [-0.15, -0.1) is 0 Å². The van der Waals surface area contributed by atoms with Gasteiger partial charge in [0.05, 0.1) is 48.3 Å². The SMILES string of the molecule is N#Cc1ccc(CC(=O)N(Cc2cncn2Cc2ccc(C#N)cc2)c2ccc(N3CCNCC3)cc2)cc1. The number of amides is 1. The lowest BCUT2D eigenvalue weighted by atomic mass is 10.1. The van der Waals surface area contributed by atoms with Gasteiger partial charge in [-0.2, -0.15) is 10.5 Å². The summed E-state index contributed by atoms with van der Waals surface area (Å²) in [6.07, 6.45) is 3.78. The highest BCUT2D eigenvalue weighted by molar-refractivity contribution is 5.94. The van der Waals surface area contributed by atoms with Gasteiger partial charge in [-0.05, 0) is 59.7 Å². The van der Waals surface area contributed by atoms with Crippen LogP contribution in [0.2, 0.25) is 0 Å². The van der Waals surface area contributed by atoms with Gasteiger partial charge >= 0.3 is 0 Å². The number of nitrogens with zero attached hydrogens (tertiary/aromatic N) is 6. The molecule has 1 aromatic heterocycles. The Bertz CT molecular complexity index is 1490. The van der Waals surface area contributed by atoms with Crippen LogP contribution in [0.5, 0.6) is 0 Å². The fourth-order valence-corrected chi connectivity index (χ4v) is 4.72. The minimum atomic E-state index is -0.0410. The predicted octanol–water partition coefficient (Wildman–Crippen LogP) is 3.86. The van der Waals surface area contributed by atoms with E-state index in [-0.39, 0.29) is 12.3 Å². The van der Waals surface area contributed by atoms with E-state index in [0.717, 1.165) is 54.4 Å². The van der Waals surface area contributed by atoms with Crippen LogP contribution in [0.25, 0.3) is 0 Å². The van der Waals surface area contributed by atoms with Crippen molar-refractivity contribution in [1.29, 1.82) is 10.5 Å². The molecule has 1 fully saturated rings. The Labute approximate surface area is 228 Å². The maximum absolute atomic E-state index is 13.7. The maximum atomic E-state index is 13.7. The zero-order chi connectivity index (χ0) is 27.0. The molecule has 0 unspecified atom stereocenters. The van der Waals surface area contributed by atoms with E-state index in [1.807, 2.05) is 41.0 Å². The topological polar surface area (TPSA) is 101 Å². The number of nitrogens with one attached hydrogen (secondary N) is 1. The molecule has 8 nitrogen and oxygen atoms in total. The minimum absolute atomic E-state index is 0.0410. The number of piperazine rings is 1. The van der Waals surface area contributed by atoms with Crippen LogP contribution in [0.4, 0.5) is 11.4 Å². The highest BCUT2D eigenvalue weighted by Gasteiger charge is 2.20. The zero-order valence-corrected chi connectivity index (χ0v) is 21.6. The molecule has 194 valence electrons. The Hall–Kier alpha value is -4.92. The highest BCUT2D eigenvalue weighted by atomic mass is 16.2. The van der Waals surface area contributed by atoms with Gasteiger partial charge in [-0.1, -0.05) is 24.3 Å². The Morgan fingerprint density at radius 2 is 1.49 bits per heavy atom. The first kappa shape index (κ1) is 25.7. The van der Waals surface area contributed by atoms with Crippen molar-refractivity contribution in [3.8, 4) is 12.1 Å². The minimum Gasteiger partial charge on any atom is -0.369 e. The summed E-state index contributed by atoms with van der Waals surface area (Å²) in [5.74, 6) is -0.0410. The van der Waals surface area contributed by atoms with Crippen LogP contribution in [0.15, 0.2) is 85.3 Å². The van der Waals surface area contributed by atoms with E-state index in [9.17, 15) is 4.79 Å². The molecule has 0 spiro atoms. The molecule has 5 rings (SSSR count). The first-order valence-corrected chi connectivity index (χ1v) is 13.0. The number of rotatable bonds is 8. The molecule has 2 heterocycles. The largest absolute Gasteiger partial charge is 0.369 e. The summed E-state index contributed by atoms with van der Waals surface area (Å²) in [4.78, 5) is 22.2. The van der Waals surface area contributed by atoms with Crippen molar-refractivity contribution in [2.24, 2.45) is 0 Å². The molecule has 0 radical (unpaired) electrons. The summed E-state index contributed by atoms with van der Waals surface area (Å²) in [6.45, 7) is 4.77. The third-order valence-electron chi connectivity index (χ3n) is 6.94. The average Bonchev–Trinajstić information content (AvgIpc) is 3.43. The molecule has 0 bridgehead atoms. The summed E-state index contributed by atoms with van der Waals surface area (Å²) >= 11 is 0. The predicted molar refractivity (Wildman–Crippen MR) is 150 cm³/mol. The summed E-state index contributed by atoms with van der Waals surface area (Å²) < 4.78 is 2.03. The number of imidazole rings is 1. The number of aromatic nitrogens is 2. The number of hydrogen-bond acceptors (Lipinski definition) is 6. The van der Waals surface area contributed by atoms with Crippen LogP contribution in [-0.2, 0) is 24.3 Å². The number of nitriles is 2. The van der Waals surface area contributed by atoms with Crippen molar-refractivity contribution in [3.63, 3.8) is 0 Å². The van der Waals surface area contributed by atoms with Crippen LogP contribution in [-0.4, -0.2) is 41.6 Å². The first-order chi connectivity index (χ1) is 19.1. The van der Waals surface area contributed by atoms with Crippen LogP contribution in [0.3, 0.4) is 0 Å². The van der Waals surface area contributed by atoms with E-state index in [4.69, 9.17) is 10.5 Å². The lowest BCUT2D eigenvalue weighted by Gasteiger charge is -2.30. The maximum Gasteiger partial charge on any atom is 0.231 e. The quantitative estimate of drug-likeness (QED) is 0.382. The second-order valence-electron chi connectivity index (χ2n) is 9.54. The van der Waals surface area contributed by atoms with Gasteiger partial charge in [0.25, 0.3) is 0 Å². The van der Waals surface area contributed by atoms with Crippen molar-refractivity contribution in [1.82, 2.24) is 14.9 Å². The Morgan fingerprint density at radius 3 is 2.10 bits per heavy atom. The van der Waals surface area contributed by atoms with Crippen molar-refractivity contribution < 1.29 is 4.79 Å². The van der Waals surface area contributed by atoms with Gasteiger partial charge in [-0.25, -0.2) is 4.98 Å². The number of benzene rings is 3. The average molecular weight is 516 g/mol. The van der Waals surface area contributed by atoms with Gasteiger partial charge in [0, 0.05) is 50.3 Å². The summed E-state index contributed by atoms with van der Waals surface area (Å²) in [5, 5.41) is 21.6. The fraction of sp³-hybridized carbons (Fsp3) is 0.226. The van der Waals surface area contributed by atoms with Gasteiger partial charge in [0.1, 0.15) is 0 Å². The van der Waals surface area contributed by atoms with E-state index in [2.05, 4.69) is 39.5 Å². The van der Waals surface area contributed by atoms with E-state index in [1.54, 1.807) is 41.7 Å². The Kier molecular flexibility index (Phi) is 7.97. The second-order valence-corrected chi connectivity index (χ2v) is 9.54. The molecular formula is C31H29N7O. The van der Waals surface area contributed by atoms with Crippen LogP contribution in [0, 0.1) is 22.7 Å². The summed E-state index contributed by atoms with van der Waals surface area (Å²) in [5.41, 5.74) is 5.95. The first-order valence-electron chi connectivity index (χ1n) is 13.0. The van der Waals surface area contributed by atoms with Gasteiger partial charge in [0.15, 0.2) is 0 Å². The smallest absolute Gasteiger partial charge is 0.231 e. The van der Waals surface area contributed by atoms with Crippen molar-refractivity contribution >= 4 is 17.3 Å². The molecule has 8 heteroatoms. The van der Waals surface area contributed by atoms with Crippen molar-refractivity contribution in [2.75, 3.05) is 36.0 Å². The number of carbonyl (C=O) groups excluding carboxylic acids is 1. The molecule has 0 aliphatic carbocycles. The standard InChI is InChI=1S/C31H29N7O/c32-18-25-3-1-24(2-4-25)17-31(39)38(29-11-9-28(10-12-29)36-15-13-34-14-16-36)22-30-20-35-23-37(30)21-27-7-5-26(19-33)6-8-27/h1-12,20,23,34H,13-17,21-22H2. The third kappa shape index (κ3) is 6.32. The highest BCUT2D eigenvalue weighted by Crippen LogP contribution is 2.24. The molecule has 0 atom stereocenters. The van der Waals surface area contributed by atoms with E-state index in [1.165, 1.54) is 0 Å². The van der Waals surface area contributed by atoms with Gasteiger partial charge in [0.2, 0.25) is 5.91 Å². The van der Waals surface area contributed by atoms with Gasteiger partial charge in [-0.3, -0.25) is 4.79 Å². The molecule has 1 amide bonds. The molecule has 1 N–H and O–H groups in total. The van der Waals surface area contributed by atoms with Crippen LogP contribution in [0.1, 0.15) is 27.9 Å². The fourth-order valence-electron chi connectivity index (χ4n) is 4.72. The van der Waals surface area contributed by atoms with Crippen molar-refractivity contribution in [2.45, 2.75) is 19.5 Å². The Morgan fingerprint density at radius 1 is 0.872 bits per heavy atom. The zero-order valence-electron chi connectivity index (χ0n) is 21.6. The summed E-state index contributed by atoms with van der Waals surface area (Å²) in [7, 11) is 0. The number of carbonyl (C=O) groups is 1. The monoisotopic (exact) mass is 515 g/mol. The molecule has 3 aromatic carbocycles. The molecular weight excluding hydrogens is 486 g/mol. The van der Waals surface area contributed by atoms with Crippen LogP contribution >= 0.6 is 0 Å². The number of anilines is 2. The molecule has 39 heavy (non-hydrogen) atoms. The van der Waals surface area contributed by atoms with E-state index < -0.39 is 0 Å². The summed E-state index contributed by atoms with van der Waals surface area (Å²) in [6, 6.07) is 27.1. The molecule has 1 aliphatic heterocycles. The van der Waals surface area contributed by atoms with Crippen molar-refractivity contribution in [3.05, 3.63) is 113 Å². The van der Waals surface area contributed by atoms with E-state index >= 15 is 0 Å². The Balaban J connectivity index is 1.39. The molecule has 4 aromatic rings. The van der Waals surface area contributed by atoms with E-state index in [0.29, 0.717) is 24.2 Å². The lowest BCUT2D eigenvalue weighted by Crippen LogP contribution is -2.43. The van der Waals surface area contributed by atoms with Gasteiger partial charge < -0.3 is 19.7 Å². The number of hydrogen-bond donors (Lipinski definition) is 1.